The molecule has 0 N–H and O–H groups in total. The largest absolute Gasteiger partial charge is 0.370 e. The zero-order valence-corrected chi connectivity index (χ0v) is 18.5. The average Bonchev–Trinajstić information content (AvgIpc) is 2.98. The first kappa shape index (κ1) is 21.9. The fraction of sp³-hybridized carbons (Fsp3) is 0.560. The van der Waals surface area contributed by atoms with E-state index in [0.717, 1.165) is 37.1 Å². The van der Waals surface area contributed by atoms with Crippen molar-refractivity contribution >= 4 is 5.91 Å². The van der Waals surface area contributed by atoms with Crippen LogP contribution in [0.1, 0.15) is 50.3 Å². The van der Waals surface area contributed by atoms with Gasteiger partial charge in [-0.2, -0.15) is 0 Å². The van der Waals surface area contributed by atoms with Crippen molar-refractivity contribution in [2.24, 2.45) is 0 Å². The Labute approximate surface area is 185 Å². The number of hydrogen-bond donors (Lipinski definition) is 0. The second-order valence-corrected chi connectivity index (χ2v) is 8.94. The zero-order chi connectivity index (χ0) is 21.5. The van der Waals surface area contributed by atoms with Crippen LogP contribution in [0.3, 0.4) is 0 Å². The molecule has 6 nitrogen and oxygen atoms in total. The first-order valence-corrected chi connectivity index (χ1v) is 11.6. The number of ether oxygens (including phenoxy) is 1. The van der Waals surface area contributed by atoms with Crippen LogP contribution in [0.2, 0.25) is 0 Å². The number of amides is 1. The molecule has 4 rings (SSSR count). The van der Waals surface area contributed by atoms with Gasteiger partial charge in [0.25, 0.3) is 0 Å². The molecule has 2 aromatic rings. The van der Waals surface area contributed by atoms with Crippen LogP contribution in [0, 0.1) is 0 Å². The van der Waals surface area contributed by atoms with Crippen LogP contribution >= 0.6 is 0 Å². The van der Waals surface area contributed by atoms with Crippen LogP contribution in [0.15, 0.2) is 48.9 Å². The number of carbonyl (C=O) groups excluding carboxylic acids is 1. The lowest BCUT2D eigenvalue weighted by Crippen LogP contribution is -2.46. The molecule has 2 atom stereocenters. The lowest BCUT2D eigenvalue weighted by Gasteiger charge is -2.35. The van der Waals surface area contributed by atoms with Gasteiger partial charge in [0.1, 0.15) is 0 Å². The Morgan fingerprint density at radius 3 is 2.71 bits per heavy atom. The van der Waals surface area contributed by atoms with Crippen molar-refractivity contribution in [3.8, 4) is 0 Å². The van der Waals surface area contributed by atoms with Crippen LogP contribution in [0.5, 0.6) is 0 Å². The van der Waals surface area contributed by atoms with Crippen LogP contribution < -0.4 is 0 Å². The van der Waals surface area contributed by atoms with Crippen LogP contribution in [-0.2, 0) is 22.6 Å². The molecule has 2 aromatic heterocycles. The molecule has 0 radical (unpaired) electrons. The smallest absolute Gasteiger partial charge is 0.237 e. The maximum absolute atomic E-state index is 13.3. The second kappa shape index (κ2) is 10.8. The Balaban J connectivity index is 1.47. The quantitative estimate of drug-likeness (QED) is 0.684. The number of pyridine rings is 2. The third kappa shape index (κ3) is 6.11. The molecule has 166 valence electrons. The molecule has 1 aliphatic heterocycles. The molecule has 6 heteroatoms. The van der Waals surface area contributed by atoms with E-state index >= 15 is 0 Å². The Hall–Kier alpha value is -2.31. The summed E-state index contributed by atoms with van der Waals surface area (Å²) in [5.41, 5.74) is 2.12. The highest BCUT2D eigenvalue weighted by Crippen LogP contribution is 2.25. The summed E-state index contributed by atoms with van der Waals surface area (Å²) in [6.07, 6.45) is 12.2. The Morgan fingerprint density at radius 1 is 1.10 bits per heavy atom. The normalized spacial score (nSPS) is 22.3. The van der Waals surface area contributed by atoms with Crippen molar-refractivity contribution < 1.29 is 9.53 Å². The molecule has 1 aliphatic carbocycles. The lowest BCUT2D eigenvalue weighted by atomic mass is 9.94. The second-order valence-electron chi connectivity index (χ2n) is 8.94. The van der Waals surface area contributed by atoms with Gasteiger partial charge in [0.05, 0.1) is 19.3 Å². The van der Waals surface area contributed by atoms with E-state index in [4.69, 9.17) is 4.74 Å². The predicted octanol–water partition coefficient (Wildman–Crippen LogP) is 3.47. The minimum Gasteiger partial charge on any atom is -0.370 e. The molecule has 0 aromatic carbocycles. The molecule has 0 spiro atoms. The van der Waals surface area contributed by atoms with E-state index < -0.39 is 0 Å². The lowest BCUT2D eigenvalue weighted by molar-refractivity contribution is -0.135. The maximum Gasteiger partial charge on any atom is 0.237 e. The van der Waals surface area contributed by atoms with Gasteiger partial charge in [0.15, 0.2) is 0 Å². The molecule has 2 unspecified atom stereocenters. The minimum absolute atomic E-state index is 0.0141. The SMILES string of the molecule is CC(Cc1ccccn1)N1CC(=O)N(C2CCCCC2)CC(OCc2cccnc2)C1. The van der Waals surface area contributed by atoms with Gasteiger partial charge in [0.2, 0.25) is 5.91 Å². The summed E-state index contributed by atoms with van der Waals surface area (Å²) >= 11 is 0. The van der Waals surface area contributed by atoms with Gasteiger partial charge in [-0.25, -0.2) is 0 Å². The van der Waals surface area contributed by atoms with Crippen molar-refractivity contribution in [1.29, 1.82) is 0 Å². The van der Waals surface area contributed by atoms with Gasteiger partial charge in [-0.05, 0) is 43.5 Å². The first-order valence-electron chi connectivity index (χ1n) is 11.6. The molecule has 2 aliphatic rings. The van der Waals surface area contributed by atoms with Crippen molar-refractivity contribution in [3.05, 3.63) is 60.2 Å². The molecule has 1 amide bonds. The molecule has 1 saturated carbocycles. The summed E-state index contributed by atoms with van der Waals surface area (Å²) in [7, 11) is 0. The summed E-state index contributed by atoms with van der Waals surface area (Å²) in [4.78, 5) is 26.4. The Bertz CT molecular complexity index is 811. The maximum atomic E-state index is 13.3. The van der Waals surface area contributed by atoms with Crippen LogP contribution in [-0.4, -0.2) is 63.5 Å². The van der Waals surface area contributed by atoms with Gasteiger partial charge in [-0.3, -0.25) is 19.7 Å². The zero-order valence-electron chi connectivity index (χ0n) is 18.5. The van der Waals surface area contributed by atoms with Gasteiger partial charge >= 0.3 is 0 Å². The summed E-state index contributed by atoms with van der Waals surface area (Å²) in [6.45, 7) is 4.60. The van der Waals surface area contributed by atoms with Crippen LogP contribution in [0.25, 0.3) is 0 Å². The minimum atomic E-state index is -0.0141. The topological polar surface area (TPSA) is 58.6 Å². The molecule has 31 heavy (non-hydrogen) atoms. The molecule has 0 bridgehead atoms. The van der Waals surface area contributed by atoms with Crippen molar-refractivity contribution in [3.63, 3.8) is 0 Å². The third-order valence-corrected chi connectivity index (χ3v) is 6.58. The monoisotopic (exact) mass is 422 g/mol. The first-order chi connectivity index (χ1) is 15.2. The number of nitrogens with zero attached hydrogens (tertiary/aromatic N) is 4. The van der Waals surface area contributed by atoms with E-state index in [1.165, 1.54) is 19.3 Å². The highest BCUT2D eigenvalue weighted by atomic mass is 16.5. The fourth-order valence-electron chi connectivity index (χ4n) is 4.80. The fourth-order valence-corrected chi connectivity index (χ4v) is 4.80. The van der Waals surface area contributed by atoms with E-state index in [2.05, 4.69) is 32.8 Å². The van der Waals surface area contributed by atoms with Gasteiger partial charge in [-0.15, -0.1) is 0 Å². The third-order valence-electron chi connectivity index (χ3n) is 6.58. The van der Waals surface area contributed by atoms with E-state index in [9.17, 15) is 4.79 Å². The van der Waals surface area contributed by atoms with Gasteiger partial charge in [0, 0.05) is 55.9 Å². The molecule has 3 heterocycles. The standard InChI is InChI=1S/C25H34N4O2/c1-20(14-22-9-5-6-13-27-22)28-16-24(31-19-21-8-7-12-26-15-21)17-29(25(30)18-28)23-10-3-2-4-11-23/h5-9,12-13,15,20,23-24H,2-4,10-11,14,16-19H2,1H3. The van der Waals surface area contributed by atoms with Crippen LogP contribution in [0.4, 0.5) is 0 Å². The number of hydrogen-bond acceptors (Lipinski definition) is 5. The predicted molar refractivity (Wildman–Crippen MR) is 120 cm³/mol. The number of carbonyl (C=O) groups is 1. The van der Waals surface area contributed by atoms with E-state index in [1.54, 1.807) is 6.20 Å². The van der Waals surface area contributed by atoms with E-state index in [1.807, 2.05) is 36.7 Å². The average molecular weight is 423 g/mol. The summed E-state index contributed by atoms with van der Waals surface area (Å²) in [5.74, 6) is 0.243. The van der Waals surface area contributed by atoms with Gasteiger partial charge < -0.3 is 9.64 Å². The molecule has 2 fully saturated rings. The van der Waals surface area contributed by atoms with Crippen molar-refractivity contribution in [2.45, 2.75) is 70.2 Å². The summed E-state index contributed by atoms with van der Waals surface area (Å²) in [6, 6.07) is 10.6. The highest BCUT2D eigenvalue weighted by molar-refractivity contribution is 5.79. The number of aromatic nitrogens is 2. The Kier molecular flexibility index (Phi) is 7.65. The van der Waals surface area contributed by atoms with E-state index in [0.29, 0.717) is 25.7 Å². The van der Waals surface area contributed by atoms with Crippen molar-refractivity contribution in [1.82, 2.24) is 19.8 Å². The van der Waals surface area contributed by atoms with Crippen molar-refractivity contribution in [2.75, 3.05) is 19.6 Å². The molecular formula is C25H34N4O2. The summed E-state index contributed by atoms with van der Waals surface area (Å²) < 4.78 is 6.36. The number of rotatable bonds is 7. The van der Waals surface area contributed by atoms with E-state index in [-0.39, 0.29) is 18.1 Å². The van der Waals surface area contributed by atoms with Gasteiger partial charge in [-0.1, -0.05) is 31.4 Å². The summed E-state index contributed by atoms with van der Waals surface area (Å²) in [5, 5.41) is 0. The Morgan fingerprint density at radius 2 is 1.97 bits per heavy atom. The highest BCUT2D eigenvalue weighted by Gasteiger charge is 2.34. The molecule has 1 saturated heterocycles. The molecular weight excluding hydrogens is 388 g/mol.